The van der Waals surface area contributed by atoms with Crippen LogP contribution >= 0.6 is 0 Å². The van der Waals surface area contributed by atoms with Gasteiger partial charge in [0.15, 0.2) is 5.65 Å². The van der Waals surface area contributed by atoms with E-state index in [1.54, 1.807) is 12.3 Å². The molecule has 0 aliphatic carbocycles. The van der Waals surface area contributed by atoms with Gasteiger partial charge in [-0.1, -0.05) is 0 Å². The van der Waals surface area contributed by atoms with Crippen LogP contribution in [-0.4, -0.2) is 66.8 Å². The first-order valence-electron chi connectivity index (χ1n) is 9.62. The van der Waals surface area contributed by atoms with Crippen molar-refractivity contribution in [3.8, 4) is 11.4 Å². The number of hydrogen-bond acceptors (Lipinski definition) is 6. The van der Waals surface area contributed by atoms with Crippen molar-refractivity contribution >= 4 is 17.6 Å². The smallest absolute Gasteiger partial charge is 0.407 e. The summed E-state index contributed by atoms with van der Waals surface area (Å²) in [6.07, 6.45) is 1.27. The first-order chi connectivity index (χ1) is 14.4. The number of aromatic nitrogens is 5. The standard InChI is InChI=1S/C19H19F2N7O2/c20-17(21)12-2-3-15-22-7-14(28(15)25-12)13-6-16(24-11-23-13)27-9-19(10-27)4-1-5-26(8-19)18(29)30/h2-3,6-7,11,17H,1,4-5,8-10H2,(H,29,30). The van der Waals surface area contributed by atoms with E-state index in [4.69, 9.17) is 0 Å². The van der Waals surface area contributed by atoms with Gasteiger partial charge in [-0.2, -0.15) is 5.10 Å². The van der Waals surface area contributed by atoms with Crippen LogP contribution in [0.1, 0.15) is 25.0 Å². The number of likely N-dealkylation sites (tertiary alicyclic amines) is 1. The second kappa shape index (κ2) is 6.85. The Morgan fingerprint density at radius 1 is 1.17 bits per heavy atom. The molecule has 2 aliphatic heterocycles. The zero-order chi connectivity index (χ0) is 20.9. The lowest BCUT2D eigenvalue weighted by Crippen LogP contribution is -2.63. The van der Waals surface area contributed by atoms with Gasteiger partial charge in [-0.25, -0.2) is 33.0 Å². The Morgan fingerprint density at radius 2 is 2.00 bits per heavy atom. The van der Waals surface area contributed by atoms with Gasteiger partial charge in [-0.3, -0.25) is 0 Å². The van der Waals surface area contributed by atoms with Crippen molar-refractivity contribution in [1.29, 1.82) is 0 Å². The van der Waals surface area contributed by atoms with Crippen LogP contribution in [0.15, 0.2) is 30.7 Å². The van der Waals surface area contributed by atoms with E-state index in [0.29, 0.717) is 49.0 Å². The molecule has 3 aromatic rings. The van der Waals surface area contributed by atoms with Gasteiger partial charge in [0.2, 0.25) is 0 Å². The topological polar surface area (TPSA) is 99.8 Å². The van der Waals surface area contributed by atoms with Crippen molar-refractivity contribution in [2.75, 3.05) is 31.1 Å². The van der Waals surface area contributed by atoms with Gasteiger partial charge in [0.05, 0.1) is 11.9 Å². The number of rotatable bonds is 3. The van der Waals surface area contributed by atoms with Gasteiger partial charge < -0.3 is 14.9 Å². The summed E-state index contributed by atoms with van der Waals surface area (Å²) < 4.78 is 27.4. The Kier molecular flexibility index (Phi) is 4.26. The third-order valence-corrected chi connectivity index (χ3v) is 5.83. The number of nitrogens with zero attached hydrogens (tertiary/aromatic N) is 7. The number of carbonyl (C=O) groups is 1. The molecule has 2 fully saturated rings. The molecule has 156 valence electrons. The third kappa shape index (κ3) is 3.10. The summed E-state index contributed by atoms with van der Waals surface area (Å²) in [5.74, 6) is 0.707. The van der Waals surface area contributed by atoms with Crippen LogP contribution in [0.5, 0.6) is 0 Å². The summed E-state index contributed by atoms with van der Waals surface area (Å²) in [6.45, 7) is 2.54. The maximum absolute atomic E-state index is 13.0. The molecule has 3 aromatic heterocycles. The van der Waals surface area contributed by atoms with Gasteiger partial charge in [-0.05, 0) is 25.0 Å². The molecule has 0 unspecified atom stereocenters. The van der Waals surface area contributed by atoms with E-state index in [1.807, 2.05) is 0 Å². The first-order valence-corrected chi connectivity index (χ1v) is 9.62. The average Bonchev–Trinajstić information content (AvgIpc) is 3.15. The lowest BCUT2D eigenvalue weighted by molar-refractivity contribution is 0.0584. The highest BCUT2D eigenvalue weighted by molar-refractivity contribution is 5.66. The van der Waals surface area contributed by atoms with E-state index < -0.39 is 12.5 Å². The molecule has 5 rings (SSSR count). The molecule has 2 aliphatic rings. The second-order valence-electron chi connectivity index (χ2n) is 7.90. The van der Waals surface area contributed by atoms with E-state index >= 15 is 0 Å². The Morgan fingerprint density at radius 3 is 2.77 bits per heavy atom. The minimum absolute atomic E-state index is 0.0429. The zero-order valence-corrected chi connectivity index (χ0v) is 15.9. The van der Waals surface area contributed by atoms with Crippen molar-refractivity contribution in [3.63, 3.8) is 0 Å². The van der Waals surface area contributed by atoms with Crippen molar-refractivity contribution < 1.29 is 18.7 Å². The van der Waals surface area contributed by atoms with Crippen molar-refractivity contribution in [3.05, 3.63) is 36.4 Å². The highest BCUT2D eigenvalue weighted by atomic mass is 19.3. The fraction of sp³-hybridized carbons (Fsp3) is 0.421. The highest BCUT2D eigenvalue weighted by Crippen LogP contribution is 2.41. The third-order valence-electron chi connectivity index (χ3n) is 5.83. The van der Waals surface area contributed by atoms with E-state index in [9.17, 15) is 18.7 Å². The number of amides is 1. The van der Waals surface area contributed by atoms with Crippen LogP contribution in [-0.2, 0) is 0 Å². The van der Waals surface area contributed by atoms with Crippen molar-refractivity contribution in [2.24, 2.45) is 5.41 Å². The molecule has 9 nitrogen and oxygen atoms in total. The number of piperidine rings is 1. The fourth-order valence-electron chi connectivity index (χ4n) is 4.39. The molecule has 5 heterocycles. The van der Waals surface area contributed by atoms with Gasteiger partial charge in [0.1, 0.15) is 23.5 Å². The Bertz CT molecular complexity index is 1110. The number of anilines is 1. The SMILES string of the molecule is O=C(O)N1CCCC2(C1)CN(c1cc(-c3cnc4ccc(C(F)F)nn34)ncn1)C2. The summed E-state index contributed by atoms with van der Waals surface area (Å²) in [6, 6.07) is 4.54. The number of halogens is 2. The van der Waals surface area contributed by atoms with Gasteiger partial charge in [0.25, 0.3) is 6.43 Å². The molecule has 0 bridgehead atoms. The fourth-order valence-corrected chi connectivity index (χ4v) is 4.39. The number of carboxylic acid groups (broad SMARTS) is 1. The normalized spacial score (nSPS) is 18.2. The summed E-state index contributed by atoms with van der Waals surface area (Å²) in [4.78, 5) is 27.7. The molecule has 11 heteroatoms. The minimum Gasteiger partial charge on any atom is -0.465 e. The van der Waals surface area contributed by atoms with Crippen LogP contribution in [0.2, 0.25) is 0 Å². The van der Waals surface area contributed by atoms with Crippen LogP contribution in [0.25, 0.3) is 17.0 Å². The predicted octanol–water partition coefficient (Wildman–Crippen LogP) is 2.70. The van der Waals surface area contributed by atoms with Crippen molar-refractivity contribution in [2.45, 2.75) is 19.3 Å². The monoisotopic (exact) mass is 415 g/mol. The Balaban J connectivity index is 1.39. The quantitative estimate of drug-likeness (QED) is 0.702. The molecule has 30 heavy (non-hydrogen) atoms. The average molecular weight is 415 g/mol. The second-order valence-corrected chi connectivity index (χ2v) is 7.90. The zero-order valence-electron chi connectivity index (χ0n) is 15.9. The molecule has 0 aromatic carbocycles. The number of alkyl halides is 2. The molecule has 0 radical (unpaired) electrons. The van der Waals surface area contributed by atoms with Gasteiger partial charge in [0, 0.05) is 37.7 Å². The lowest BCUT2D eigenvalue weighted by atomic mass is 9.73. The van der Waals surface area contributed by atoms with Crippen LogP contribution in [0.4, 0.5) is 19.4 Å². The Labute approximate surface area is 170 Å². The molecule has 1 amide bonds. The van der Waals surface area contributed by atoms with Gasteiger partial charge >= 0.3 is 6.09 Å². The lowest BCUT2D eigenvalue weighted by Gasteiger charge is -2.54. The summed E-state index contributed by atoms with van der Waals surface area (Å²) in [5.41, 5.74) is 1.11. The maximum Gasteiger partial charge on any atom is 0.407 e. The predicted molar refractivity (Wildman–Crippen MR) is 102 cm³/mol. The first kappa shape index (κ1) is 18.6. The summed E-state index contributed by atoms with van der Waals surface area (Å²) in [5, 5.41) is 13.3. The van der Waals surface area contributed by atoms with Crippen LogP contribution < -0.4 is 4.90 Å². The largest absolute Gasteiger partial charge is 0.465 e. The molecule has 2 saturated heterocycles. The number of imidazole rings is 1. The number of hydrogen-bond donors (Lipinski definition) is 1. The highest BCUT2D eigenvalue weighted by Gasteiger charge is 2.47. The van der Waals surface area contributed by atoms with Crippen LogP contribution in [0, 0.1) is 5.41 Å². The van der Waals surface area contributed by atoms with Crippen molar-refractivity contribution in [1.82, 2.24) is 29.5 Å². The molecule has 1 spiro atoms. The minimum atomic E-state index is -2.68. The molecule has 0 saturated carbocycles. The molecule has 0 atom stereocenters. The van der Waals surface area contributed by atoms with E-state index in [1.165, 1.54) is 27.9 Å². The van der Waals surface area contributed by atoms with E-state index in [0.717, 1.165) is 12.8 Å². The Hall–Kier alpha value is -3.37. The molecular weight excluding hydrogens is 396 g/mol. The van der Waals surface area contributed by atoms with E-state index in [-0.39, 0.29) is 11.1 Å². The summed E-state index contributed by atoms with van der Waals surface area (Å²) >= 11 is 0. The summed E-state index contributed by atoms with van der Waals surface area (Å²) in [7, 11) is 0. The van der Waals surface area contributed by atoms with E-state index in [2.05, 4.69) is 25.0 Å². The maximum atomic E-state index is 13.0. The van der Waals surface area contributed by atoms with Gasteiger partial charge in [-0.15, -0.1) is 0 Å². The number of fused-ring (bicyclic) bond motifs is 1. The molecule has 1 N–H and O–H groups in total. The molecular formula is C19H19F2N7O2. The van der Waals surface area contributed by atoms with Crippen LogP contribution in [0.3, 0.4) is 0 Å².